The molecule has 0 radical (unpaired) electrons. The molecule has 3 aliphatic heterocycles. The molecule has 0 N–H and O–H groups in total. The Balaban J connectivity index is 1.24. The van der Waals surface area contributed by atoms with E-state index >= 15 is 0 Å². The zero-order chi connectivity index (χ0) is 36.9. The molecule has 0 unspecified atom stereocenters. The zero-order valence-corrected chi connectivity index (χ0v) is 30.6. The summed E-state index contributed by atoms with van der Waals surface area (Å²) >= 11 is 13.9. The number of carbonyl (C=O) groups is 2. The fraction of sp³-hybridized carbons (Fsp3) is 0.389. The minimum atomic E-state index is -3.10. The van der Waals surface area contributed by atoms with Crippen molar-refractivity contribution in [3.05, 3.63) is 103 Å². The molecule has 3 aromatic heterocycles. The number of benzene rings is 1. The molecule has 3 aliphatic rings. The van der Waals surface area contributed by atoms with Gasteiger partial charge in [-0.05, 0) is 87.7 Å². The normalized spacial score (nSPS) is 18.7. The summed E-state index contributed by atoms with van der Waals surface area (Å²) in [5, 5.41) is 12.0. The Labute approximate surface area is 313 Å². The lowest BCUT2D eigenvalue weighted by Crippen LogP contribution is -2.53. The van der Waals surface area contributed by atoms with Crippen molar-refractivity contribution in [2.75, 3.05) is 24.5 Å². The number of piperidine rings is 3. The molecule has 2 bridgehead atoms. The molecule has 6 heterocycles. The highest BCUT2D eigenvalue weighted by Gasteiger charge is 2.38. The average molecular weight is 778 g/mol. The lowest BCUT2D eigenvalue weighted by Gasteiger charge is -2.44. The van der Waals surface area contributed by atoms with Crippen LogP contribution in [0.1, 0.15) is 58.5 Å². The average Bonchev–Trinajstić information content (AvgIpc) is 3.58. The number of nitrogens with zero attached hydrogens (tertiary/aromatic N) is 4. The number of ether oxygens (including phenoxy) is 4. The van der Waals surface area contributed by atoms with Crippen LogP contribution >= 0.6 is 34.5 Å². The quantitative estimate of drug-likeness (QED) is 0.0760. The van der Waals surface area contributed by atoms with Gasteiger partial charge in [-0.15, -0.1) is 11.3 Å². The highest BCUT2D eigenvalue weighted by Crippen LogP contribution is 2.37. The number of esters is 1. The molecule has 2 atom stereocenters. The first-order valence-electron chi connectivity index (χ1n) is 16.7. The smallest absolute Gasteiger partial charge is 0.416 e. The first kappa shape index (κ1) is 37.5. The Morgan fingerprint density at radius 1 is 1.06 bits per heavy atom. The number of aromatic nitrogens is 2. The number of hydrogen-bond acceptors (Lipinski definition) is 10. The van der Waals surface area contributed by atoms with Crippen molar-refractivity contribution >= 4 is 52.4 Å². The maximum atomic E-state index is 13.7. The van der Waals surface area contributed by atoms with Gasteiger partial charge >= 0.3 is 18.7 Å². The number of alkyl halides is 2. The molecule has 1 amide bonds. The number of anilines is 1. The van der Waals surface area contributed by atoms with Gasteiger partial charge in [0.05, 0.1) is 12.6 Å². The van der Waals surface area contributed by atoms with Gasteiger partial charge in [-0.1, -0.05) is 35.3 Å². The van der Waals surface area contributed by atoms with Gasteiger partial charge in [0.25, 0.3) is 0 Å². The number of amides is 1. The van der Waals surface area contributed by atoms with Gasteiger partial charge in [0, 0.05) is 29.6 Å². The zero-order valence-electron chi connectivity index (χ0n) is 28.3. The topological polar surface area (TPSA) is 117 Å². The predicted molar refractivity (Wildman–Crippen MR) is 190 cm³/mol. The number of hydrogen-bond donors (Lipinski definition) is 0. The fourth-order valence-corrected chi connectivity index (χ4v) is 7.79. The Kier molecular flexibility index (Phi) is 12.0. The van der Waals surface area contributed by atoms with Crippen LogP contribution in [-0.4, -0.2) is 60.4 Å². The molecule has 0 spiro atoms. The van der Waals surface area contributed by atoms with Crippen molar-refractivity contribution in [3.8, 4) is 11.5 Å². The molecule has 3 saturated heterocycles. The minimum absolute atomic E-state index is 0.00894. The number of rotatable bonds is 13. The van der Waals surface area contributed by atoms with Crippen molar-refractivity contribution < 1.29 is 42.0 Å². The maximum absolute atomic E-state index is 13.7. The van der Waals surface area contributed by atoms with E-state index in [9.17, 15) is 23.6 Å². The third-order valence-corrected chi connectivity index (χ3v) is 10.5. The van der Waals surface area contributed by atoms with Crippen molar-refractivity contribution in [3.63, 3.8) is 0 Å². The fourth-order valence-electron chi connectivity index (χ4n) is 6.31. The highest BCUT2D eigenvalue weighted by atomic mass is 35.5. The molecule has 4 aromatic rings. The summed E-state index contributed by atoms with van der Waals surface area (Å²) < 4.78 is 49.3. The minimum Gasteiger partial charge on any atom is -0.619 e. The molecule has 276 valence electrons. The van der Waals surface area contributed by atoms with Crippen LogP contribution in [0.3, 0.4) is 0 Å². The van der Waals surface area contributed by atoms with E-state index in [1.807, 2.05) is 0 Å². The summed E-state index contributed by atoms with van der Waals surface area (Å²) in [6.45, 7) is 3.15. The Hall–Kier alpha value is -4.24. The Morgan fingerprint density at radius 2 is 1.81 bits per heavy atom. The first-order chi connectivity index (χ1) is 24.9. The van der Waals surface area contributed by atoms with E-state index in [1.165, 1.54) is 23.1 Å². The summed E-state index contributed by atoms with van der Waals surface area (Å²) in [4.78, 5) is 36.4. The lowest BCUT2D eigenvalue weighted by atomic mass is 9.86. The number of thiophene rings is 1. The maximum Gasteiger partial charge on any atom is 0.416 e. The predicted octanol–water partition coefficient (Wildman–Crippen LogP) is 7.85. The molecule has 1 aromatic carbocycles. The number of fused-ring (bicyclic) bond motifs is 3. The highest BCUT2D eigenvalue weighted by molar-refractivity contribution is 7.14. The van der Waals surface area contributed by atoms with E-state index in [1.54, 1.807) is 50.4 Å². The van der Waals surface area contributed by atoms with Crippen molar-refractivity contribution in [2.24, 2.45) is 5.92 Å². The molecular weight excluding hydrogens is 741 g/mol. The van der Waals surface area contributed by atoms with Crippen LogP contribution in [0.15, 0.2) is 67.1 Å². The van der Waals surface area contributed by atoms with Gasteiger partial charge < -0.3 is 24.2 Å². The second kappa shape index (κ2) is 16.6. The van der Waals surface area contributed by atoms with Gasteiger partial charge in [0.1, 0.15) is 32.9 Å². The van der Waals surface area contributed by atoms with Crippen molar-refractivity contribution in [2.45, 2.75) is 64.6 Å². The van der Waals surface area contributed by atoms with Crippen LogP contribution in [0.5, 0.6) is 11.5 Å². The first-order valence-corrected chi connectivity index (χ1v) is 18.2. The summed E-state index contributed by atoms with van der Waals surface area (Å²) in [5.41, 5.74) is 0.692. The van der Waals surface area contributed by atoms with Crippen LogP contribution in [0.2, 0.25) is 10.0 Å². The molecule has 52 heavy (non-hydrogen) atoms. The molecule has 16 heteroatoms. The Morgan fingerprint density at radius 3 is 2.44 bits per heavy atom. The van der Waals surface area contributed by atoms with Crippen LogP contribution < -0.4 is 19.1 Å². The molecule has 0 aliphatic carbocycles. The molecule has 3 fully saturated rings. The number of halogens is 4. The van der Waals surface area contributed by atoms with Gasteiger partial charge in [0.15, 0.2) is 23.9 Å². The Bertz CT molecular complexity index is 1860. The van der Waals surface area contributed by atoms with Gasteiger partial charge in [-0.2, -0.15) is 13.5 Å². The summed E-state index contributed by atoms with van der Waals surface area (Å²) in [6.07, 6.45) is 3.54. The lowest BCUT2D eigenvalue weighted by molar-refractivity contribution is -0.605. The van der Waals surface area contributed by atoms with Crippen molar-refractivity contribution in [1.82, 2.24) is 9.88 Å². The van der Waals surface area contributed by atoms with Crippen molar-refractivity contribution in [1.29, 1.82) is 0 Å². The van der Waals surface area contributed by atoms with E-state index in [-0.39, 0.29) is 45.5 Å². The van der Waals surface area contributed by atoms with E-state index in [0.29, 0.717) is 39.0 Å². The molecule has 7 rings (SSSR count). The standard InChI is InChI=1S/C36H36Cl2F2N4O7S/c1-21(2)48-30-15-23(6-8-28(30)50-35(39)40)29(16-25-26(37)18-43(47)19-27(25)38)49-34(45)32-9-7-24(52-32)17-44(33-5-3-4-12-41-33)36(46)51-31-20-42-13-10-22(31)11-14-42/h3-9,12,15,18-19,21-22,29,31,35H,10-11,13-14,16-17,20H2,1-2H3/t29-,31-/m0/s1. The summed E-state index contributed by atoms with van der Waals surface area (Å²) in [5.74, 6) is -0.177. The van der Waals surface area contributed by atoms with Gasteiger partial charge in [0.2, 0.25) is 0 Å². The van der Waals surface area contributed by atoms with E-state index in [0.717, 1.165) is 49.7 Å². The van der Waals surface area contributed by atoms with Crippen LogP contribution in [-0.2, 0) is 22.4 Å². The molecule has 11 nitrogen and oxygen atoms in total. The second-order valence-corrected chi connectivity index (χ2v) is 14.7. The van der Waals surface area contributed by atoms with Crippen LogP contribution in [0.4, 0.5) is 19.4 Å². The van der Waals surface area contributed by atoms with E-state index in [4.69, 9.17) is 37.4 Å². The summed E-state index contributed by atoms with van der Waals surface area (Å²) in [6, 6.07) is 12.8. The van der Waals surface area contributed by atoms with Crippen LogP contribution in [0.25, 0.3) is 0 Å². The third-order valence-electron chi connectivity index (χ3n) is 8.79. The van der Waals surface area contributed by atoms with E-state index in [2.05, 4.69) is 14.6 Å². The third kappa shape index (κ3) is 9.21. The SMILES string of the molecule is CC(C)Oc1cc([C@H](Cc2c(Cl)c[n+]([O-])cc2Cl)OC(=O)c2ccc(CN(C(=O)O[C@H]3CN4CCC3CC4)c3ccccn3)s2)ccc1OC(F)F. The van der Waals surface area contributed by atoms with Crippen LogP contribution in [0, 0.1) is 11.1 Å². The molecule has 0 saturated carbocycles. The van der Waals surface area contributed by atoms with E-state index < -0.39 is 30.9 Å². The summed E-state index contributed by atoms with van der Waals surface area (Å²) in [7, 11) is 0. The largest absolute Gasteiger partial charge is 0.619 e. The number of carbonyl (C=O) groups excluding carboxylic acids is 2. The number of pyridine rings is 2. The van der Waals surface area contributed by atoms with Gasteiger partial charge in [-0.3, -0.25) is 9.80 Å². The molecular formula is C36H36Cl2F2N4O7S. The van der Waals surface area contributed by atoms with Gasteiger partial charge in [-0.25, -0.2) is 14.6 Å². The second-order valence-electron chi connectivity index (χ2n) is 12.7. The monoisotopic (exact) mass is 776 g/mol.